The molecule has 0 aliphatic rings. The van der Waals surface area contributed by atoms with Crippen LogP contribution in [0.5, 0.6) is 5.88 Å². The van der Waals surface area contributed by atoms with Gasteiger partial charge >= 0.3 is 5.69 Å². The number of hydrogen-bond donors (Lipinski definition) is 2. The summed E-state index contributed by atoms with van der Waals surface area (Å²) in [6.07, 6.45) is 2.68. The van der Waals surface area contributed by atoms with Crippen LogP contribution in [0.3, 0.4) is 0 Å². The fraction of sp³-hybridized carbons (Fsp3) is 0.0625. The third-order valence-electron chi connectivity index (χ3n) is 3.27. The molecule has 0 saturated carbocycles. The lowest BCUT2D eigenvalue weighted by Crippen LogP contribution is -2.32. The van der Waals surface area contributed by atoms with E-state index in [0.29, 0.717) is 11.4 Å². The van der Waals surface area contributed by atoms with Gasteiger partial charge in [0.15, 0.2) is 0 Å². The number of H-pyrrole nitrogens is 1. The maximum absolute atomic E-state index is 11.9. The van der Waals surface area contributed by atoms with Gasteiger partial charge in [-0.15, -0.1) is 0 Å². The standard InChI is InChI=1S/C16H12BrN3O4/c17-10-3-5-11(6-4-10)18-8-13-14(21)19-16(23)20(15(13)22)9-12-2-1-7-24-12/h1-8,22H,9H2,(H,19,21,23). The van der Waals surface area contributed by atoms with E-state index in [0.717, 1.165) is 9.04 Å². The van der Waals surface area contributed by atoms with E-state index in [-0.39, 0.29) is 12.1 Å². The molecule has 0 unspecified atom stereocenters. The maximum Gasteiger partial charge on any atom is 0.331 e. The van der Waals surface area contributed by atoms with Gasteiger partial charge in [0.1, 0.15) is 11.3 Å². The topological polar surface area (TPSA) is 101 Å². The predicted octanol–water partition coefficient (Wildman–Crippen LogP) is 2.40. The van der Waals surface area contributed by atoms with Crippen LogP contribution in [0.15, 0.2) is 66.1 Å². The number of hydrogen-bond acceptors (Lipinski definition) is 5. The van der Waals surface area contributed by atoms with Gasteiger partial charge in [-0.05, 0) is 36.4 Å². The van der Waals surface area contributed by atoms with E-state index in [4.69, 9.17) is 4.42 Å². The van der Waals surface area contributed by atoms with Crippen molar-refractivity contribution >= 4 is 27.8 Å². The van der Waals surface area contributed by atoms with Crippen LogP contribution in [0, 0.1) is 0 Å². The van der Waals surface area contributed by atoms with E-state index in [1.54, 1.807) is 36.4 Å². The van der Waals surface area contributed by atoms with Crippen LogP contribution >= 0.6 is 15.9 Å². The highest BCUT2D eigenvalue weighted by Gasteiger charge is 2.13. The molecule has 2 aromatic heterocycles. The van der Waals surface area contributed by atoms with Crippen molar-refractivity contribution < 1.29 is 9.52 Å². The Morgan fingerprint density at radius 3 is 2.67 bits per heavy atom. The summed E-state index contributed by atoms with van der Waals surface area (Å²) in [5, 5.41) is 10.3. The van der Waals surface area contributed by atoms with Crippen LogP contribution in [-0.4, -0.2) is 20.9 Å². The summed E-state index contributed by atoms with van der Waals surface area (Å²) in [5.41, 5.74) is -0.950. The van der Waals surface area contributed by atoms with Gasteiger partial charge in [-0.2, -0.15) is 0 Å². The molecule has 2 heterocycles. The summed E-state index contributed by atoms with van der Waals surface area (Å²) in [4.78, 5) is 30.1. The molecule has 122 valence electrons. The molecule has 0 aliphatic carbocycles. The lowest BCUT2D eigenvalue weighted by atomic mass is 10.3. The molecule has 0 radical (unpaired) electrons. The molecule has 0 saturated heterocycles. The quantitative estimate of drug-likeness (QED) is 0.668. The Balaban J connectivity index is 2.00. The van der Waals surface area contributed by atoms with Crippen molar-refractivity contribution in [3.05, 3.63) is 79.3 Å². The monoisotopic (exact) mass is 389 g/mol. The van der Waals surface area contributed by atoms with E-state index in [9.17, 15) is 14.7 Å². The molecule has 0 spiro atoms. The zero-order chi connectivity index (χ0) is 17.1. The number of nitrogens with zero attached hydrogens (tertiary/aromatic N) is 2. The zero-order valence-electron chi connectivity index (χ0n) is 12.3. The molecule has 3 rings (SSSR count). The molecule has 8 heteroatoms. The maximum atomic E-state index is 11.9. The van der Waals surface area contributed by atoms with Crippen molar-refractivity contribution in [2.24, 2.45) is 4.99 Å². The molecule has 0 amide bonds. The second kappa shape index (κ2) is 6.71. The van der Waals surface area contributed by atoms with Crippen LogP contribution in [-0.2, 0) is 6.54 Å². The Kier molecular flexibility index (Phi) is 4.48. The number of nitrogens with one attached hydrogen (secondary N) is 1. The van der Waals surface area contributed by atoms with Crippen molar-refractivity contribution in [2.75, 3.05) is 0 Å². The molecule has 0 atom stereocenters. The molecular formula is C16H12BrN3O4. The Morgan fingerprint density at radius 1 is 1.25 bits per heavy atom. The number of aliphatic imine (C=N–C) groups is 1. The SMILES string of the molecule is O=c1[nH]c(=O)n(Cc2ccco2)c(O)c1C=Nc1ccc(Br)cc1. The van der Waals surface area contributed by atoms with Gasteiger partial charge in [-0.3, -0.25) is 19.3 Å². The van der Waals surface area contributed by atoms with Crippen molar-refractivity contribution in [3.63, 3.8) is 0 Å². The van der Waals surface area contributed by atoms with Crippen molar-refractivity contribution in [1.29, 1.82) is 0 Å². The number of benzene rings is 1. The van der Waals surface area contributed by atoms with Gasteiger partial charge in [-0.25, -0.2) is 4.79 Å². The average Bonchev–Trinajstić information content (AvgIpc) is 3.06. The summed E-state index contributed by atoms with van der Waals surface area (Å²) in [7, 11) is 0. The Labute approximate surface area is 144 Å². The normalized spacial score (nSPS) is 11.2. The Morgan fingerprint density at radius 2 is 2.00 bits per heavy atom. The first-order valence-electron chi connectivity index (χ1n) is 6.92. The highest BCUT2D eigenvalue weighted by atomic mass is 79.9. The predicted molar refractivity (Wildman–Crippen MR) is 92.2 cm³/mol. The average molecular weight is 390 g/mol. The smallest absolute Gasteiger partial charge is 0.331 e. The highest BCUT2D eigenvalue weighted by molar-refractivity contribution is 9.10. The van der Waals surface area contributed by atoms with Gasteiger partial charge in [0, 0.05) is 10.7 Å². The molecular weight excluding hydrogens is 378 g/mol. The molecule has 0 aliphatic heterocycles. The minimum Gasteiger partial charge on any atom is -0.494 e. The summed E-state index contributed by atoms with van der Waals surface area (Å²) < 4.78 is 7.06. The number of aromatic hydroxyl groups is 1. The van der Waals surface area contributed by atoms with Gasteiger partial charge in [0.2, 0.25) is 5.88 Å². The summed E-state index contributed by atoms with van der Waals surface area (Å²) >= 11 is 3.32. The molecule has 1 aromatic carbocycles. The van der Waals surface area contributed by atoms with Gasteiger partial charge in [-0.1, -0.05) is 15.9 Å². The molecule has 24 heavy (non-hydrogen) atoms. The highest BCUT2D eigenvalue weighted by Crippen LogP contribution is 2.17. The minimum absolute atomic E-state index is 0.00638. The summed E-state index contributed by atoms with van der Waals surface area (Å²) in [6.45, 7) is -0.00638. The largest absolute Gasteiger partial charge is 0.494 e. The van der Waals surface area contributed by atoms with Crippen molar-refractivity contribution in [1.82, 2.24) is 9.55 Å². The minimum atomic E-state index is -0.727. The van der Waals surface area contributed by atoms with Gasteiger partial charge < -0.3 is 9.52 Å². The molecule has 0 fully saturated rings. The van der Waals surface area contributed by atoms with Crippen LogP contribution in [0.1, 0.15) is 11.3 Å². The first kappa shape index (κ1) is 16.0. The number of rotatable bonds is 4. The fourth-order valence-electron chi connectivity index (χ4n) is 2.06. The van der Waals surface area contributed by atoms with E-state index in [1.807, 2.05) is 0 Å². The summed E-state index contributed by atoms with van der Waals surface area (Å²) in [5.74, 6) is -0.00346. The second-order valence-corrected chi connectivity index (χ2v) is 5.81. The molecule has 3 aromatic rings. The number of furan rings is 1. The lowest BCUT2D eigenvalue weighted by Gasteiger charge is -2.07. The molecule has 2 N–H and O–H groups in total. The number of aromatic amines is 1. The molecule has 7 nitrogen and oxygen atoms in total. The zero-order valence-corrected chi connectivity index (χ0v) is 13.9. The van der Waals surface area contributed by atoms with Gasteiger partial charge in [0.25, 0.3) is 5.56 Å². The Bertz CT molecular complexity index is 986. The van der Waals surface area contributed by atoms with Gasteiger partial charge in [0.05, 0.1) is 18.5 Å². The first-order valence-corrected chi connectivity index (χ1v) is 7.72. The third kappa shape index (κ3) is 3.38. The van der Waals surface area contributed by atoms with Crippen molar-refractivity contribution in [3.8, 4) is 5.88 Å². The lowest BCUT2D eigenvalue weighted by molar-refractivity contribution is 0.392. The van der Waals surface area contributed by atoms with Crippen LogP contribution < -0.4 is 11.2 Å². The summed E-state index contributed by atoms with van der Waals surface area (Å²) in [6, 6.07) is 10.4. The van der Waals surface area contributed by atoms with E-state index < -0.39 is 17.1 Å². The van der Waals surface area contributed by atoms with Crippen LogP contribution in [0.25, 0.3) is 0 Å². The first-order chi connectivity index (χ1) is 11.5. The fourth-order valence-corrected chi connectivity index (χ4v) is 2.33. The van der Waals surface area contributed by atoms with Crippen molar-refractivity contribution in [2.45, 2.75) is 6.54 Å². The number of aromatic nitrogens is 2. The third-order valence-corrected chi connectivity index (χ3v) is 3.80. The molecule has 0 bridgehead atoms. The van der Waals surface area contributed by atoms with E-state index in [1.165, 1.54) is 12.5 Å². The number of halogens is 1. The van der Waals surface area contributed by atoms with E-state index in [2.05, 4.69) is 25.9 Å². The Hall–Kier alpha value is -2.87. The second-order valence-electron chi connectivity index (χ2n) is 4.90. The van der Waals surface area contributed by atoms with E-state index >= 15 is 0 Å². The van der Waals surface area contributed by atoms with Crippen LogP contribution in [0.2, 0.25) is 0 Å². The van der Waals surface area contributed by atoms with Crippen LogP contribution in [0.4, 0.5) is 5.69 Å².